The van der Waals surface area contributed by atoms with Crippen LogP contribution in [-0.4, -0.2) is 54.3 Å². The van der Waals surface area contributed by atoms with E-state index in [4.69, 9.17) is 5.26 Å². The van der Waals surface area contributed by atoms with Crippen LogP contribution in [0.3, 0.4) is 0 Å². The molecule has 0 unspecified atom stereocenters. The van der Waals surface area contributed by atoms with Crippen molar-refractivity contribution in [3.8, 4) is 6.07 Å². The van der Waals surface area contributed by atoms with Gasteiger partial charge in [-0.2, -0.15) is 5.26 Å². The minimum absolute atomic E-state index is 0.229. The zero-order chi connectivity index (χ0) is 15.4. The number of rotatable bonds is 4. The predicted molar refractivity (Wildman–Crippen MR) is 85.5 cm³/mol. The number of likely N-dealkylation sites (tertiary alicyclic amines) is 1. The number of nitrogens with zero attached hydrogens (tertiary/aromatic N) is 4. The summed E-state index contributed by atoms with van der Waals surface area (Å²) in [5, 5.41) is 18.7. The summed E-state index contributed by atoms with van der Waals surface area (Å²) in [6.07, 6.45) is 3.94. The first-order valence-electron chi connectivity index (χ1n) is 8.25. The first-order valence-corrected chi connectivity index (χ1v) is 8.25. The fourth-order valence-corrected chi connectivity index (χ4v) is 3.67. The molecule has 118 valence electrons. The number of aromatic nitrogens is 1. The van der Waals surface area contributed by atoms with E-state index in [0.29, 0.717) is 17.5 Å². The van der Waals surface area contributed by atoms with Gasteiger partial charge < -0.3 is 14.9 Å². The van der Waals surface area contributed by atoms with Gasteiger partial charge in [-0.25, -0.2) is 4.98 Å². The number of nitriles is 1. The lowest BCUT2D eigenvalue weighted by molar-refractivity contribution is 0.149. The van der Waals surface area contributed by atoms with E-state index >= 15 is 0 Å². The normalized spacial score (nSPS) is 26.1. The third-order valence-electron chi connectivity index (χ3n) is 4.93. The predicted octanol–water partition coefficient (Wildman–Crippen LogP) is 1.48. The van der Waals surface area contributed by atoms with Gasteiger partial charge >= 0.3 is 0 Å². The molecule has 0 amide bonds. The summed E-state index contributed by atoms with van der Waals surface area (Å²) < 4.78 is 0. The second kappa shape index (κ2) is 7.08. The number of aliphatic hydroxyl groups excluding tert-OH is 1. The lowest BCUT2D eigenvalue weighted by atomic mass is 9.95. The Morgan fingerprint density at radius 3 is 2.68 bits per heavy atom. The van der Waals surface area contributed by atoms with Crippen LogP contribution in [0, 0.1) is 23.2 Å². The highest BCUT2D eigenvalue weighted by atomic mass is 16.3. The molecular weight excluding hydrogens is 276 g/mol. The Labute approximate surface area is 132 Å². The van der Waals surface area contributed by atoms with E-state index in [-0.39, 0.29) is 6.61 Å². The van der Waals surface area contributed by atoms with Crippen LogP contribution in [0.25, 0.3) is 0 Å². The fraction of sp³-hybridized carbons (Fsp3) is 0.647. The molecule has 2 atom stereocenters. The Morgan fingerprint density at radius 2 is 1.95 bits per heavy atom. The van der Waals surface area contributed by atoms with Crippen LogP contribution in [0.2, 0.25) is 0 Å². The van der Waals surface area contributed by atoms with Crippen molar-refractivity contribution in [3.05, 3.63) is 23.9 Å². The number of aliphatic hydroxyl groups is 1. The molecule has 0 saturated carbocycles. The van der Waals surface area contributed by atoms with Crippen LogP contribution in [0.15, 0.2) is 18.2 Å². The minimum Gasteiger partial charge on any atom is -0.396 e. The zero-order valence-corrected chi connectivity index (χ0v) is 13.0. The first-order chi connectivity index (χ1) is 10.8. The summed E-state index contributed by atoms with van der Waals surface area (Å²) in [5.74, 6) is 1.64. The van der Waals surface area contributed by atoms with Crippen molar-refractivity contribution in [2.24, 2.45) is 11.8 Å². The van der Waals surface area contributed by atoms with Crippen molar-refractivity contribution < 1.29 is 5.11 Å². The van der Waals surface area contributed by atoms with Gasteiger partial charge in [-0.1, -0.05) is 12.5 Å². The molecule has 2 fully saturated rings. The maximum Gasteiger partial charge on any atom is 0.142 e. The molecule has 5 nitrogen and oxygen atoms in total. The smallest absolute Gasteiger partial charge is 0.142 e. The molecule has 3 rings (SSSR count). The first kappa shape index (κ1) is 15.3. The molecule has 3 heterocycles. The molecule has 2 aliphatic rings. The second-order valence-electron chi connectivity index (χ2n) is 6.46. The molecule has 22 heavy (non-hydrogen) atoms. The Kier molecular flexibility index (Phi) is 4.91. The SMILES string of the molecule is N#Cc1cccc(N2C[C@@H](CN3CCCCC3)[C@@H](CO)C2)n1. The van der Waals surface area contributed by atoms with Gasteiger partial charge in [0.1, 0.15) is 17.6 Å². The summed E-state index contributed by atoms with van der Waals surface area (Å²) >= 11 is 0. The standard InChI is InChI=1S/C17H24N4O/c18-9-16-5-4-6-17(19-16)21-11-14(15(12-21)13-22)10-20-7-2-1-3-8-20/h4-6,14-15,22H,1-3,7-8,10-13H2/t14-,15-/m1/s1. The third-order valence-corrected chi connectivity index (χ3v) is 4.93. The lowest BCUT2D eigenvalue weighted by Crippen LogP contribution is -2.37. The van der Waals surface area contributed by atoms with Gasteiger partial charge in [0, 0.05) is 32.2 Å². The molecule has 2 aliphatic heterocycles. The summed E-state index contributed by atoms with van der Waals surface area (Å²) in [7, 11) is 0. The van der Waals surface area contributed by atoms with Gasteiger partial charge in [0.25, 0.3) is 0 Å². The highest BCUT2D eigenvalue weighted by Gasteiger charge is 2.34. The largest absolute Gasteiger partial charge is 0.396 e. The van der Waals surface area contributed by atoms with Gasteiger partial charge in [0.2, 0.25) is 0 Å². The Hall–Kier alpha value is -1.64. The van der Waals surface area contributed by atoms with Crippen molar-refractivity contribution in [1.29, 1.82) is 5.26 Å². The molecule has 1 aromatic rings. The third kappa shape index (κ3) is 3.40. The second-order valence-corrected chi connectivity index (χ2v) is 6.46. The van der Waals surface area contributed by atoms with E-state index < -0.39 is 0 Å². The number of anilines is 1. The van der Waals surface area contributed by atoms with Gasteiger partial charge in [0.05, 0.1) is 0 Å². The number of hydrogen-bond donors (Lipinski definition) is 1. The Morgan fingerprint density at radius 1 is 1.18 bits per heavy atom. The van der Waals surface area contributed by atoms with Crippen LogP contribution >= 0.6 is 0 Å². The topological polar surface area (TPSA) is 63.4 Å². The number of piperidine rings is 1. The van der Waals surface area contributed by atoms with Crippen LogP contribution in [0.1, 0.15) is 25.0 Å². The summed E-state index contributed by atoms with van der Waals surface area (Å²) in [6.45, 7) is 5.43. The molecule has 0 aromatic carbocycles. The molecule has 0 radical (unpaired) electrons. The maximum atomic E-state index is 9.71. The molecule has 5 heteroatoms. The number of pyridine rings is 1. The summed E-state index contributed by atoms with van der Waals surface area (Å²) in [6, 6.07) is 7.67. The highest BCUT2D eigenvalue weighted by molar-refractivity contribution is 5.43. The Bertz CT molecular complexity index is 536. The summed E-state index contributed by atoms with van der Waals surface area (Å²) in [5.41, 5.74) is 0.456. The van der Waals surface area contributed by atoms with Gasteiger partial charge in [-0.15, -0.1) is 0 Å². The van der Waals surface area contributed by atoms with Crippen molar-refractivity contribution in [3.63, 3.8) is 0 Å². The number of hydrogen-bond acceptors (Lipinski definition) is 5. The Balaban J connectivity index is 1.67. The average Bonchev–Trinajstić information content (AvgIpc) is 2.99. The highest BCUT2D eigenvalue weighted by Crippen LogP contribution is 2.28. The summed E-state index contributed by atoms with van der Waals surface area (Å²) in [4.78, 5) is 9.15. The van der Waals surface area contributed by atoms with Gasteiger partial charge in [-0.3, -0.25) is 0 Å². The zero-order valence-electron chi connectivity index (χ0n) is 13.0. The molecule has 0 aliphatic carbocycles. The van der Waals surface area contributed by atoms with Gasteiger partial charge in [-0.05, 0) is 44.0 Å². The van der Waals surface area contributed by atoms with E-state index in [9.17, 15) is 5.11 Å². The van der Waals surface area contributed by atoms with E-state index in [0.717, 1.165) is 25.5 Å². The van der Waals surface area contributed by atoms with Crippen LogP contribution in [-0.2, 0) is 0 Å². The minimum atomic E-state index is 0.229. The van der Waals surface area contributed by atoms with Crippen molar-refractivity contribution >= 4 is 5.82 Å². The molecule has 0 spiro atoms. The van der Waals surface area contributed by atoms with Crippen LogP contribution in [0.5, 0.6) is 0 Å². The van der Waals surface area contributed by atoms with Crippen molar-refractivity contribution in [1.82, 2.24) is 9.88 Å². The van der Waals surface area contributed by atoms with E-state index in [2.05, 4.69) is 20.9 Å². The fourth-order valence-electron chi connectivity index (χ4n) is 3.67. The lowest BCUT2D eigenvalue weighted by Gasteiger charge is -2.30. The van der Waals surface area contributed by atoms with Crippen molar-refractivity contribution in [2.75, 3.05) is 44.2 Å². The van der Waals surface area contributed by atoms with Crippen LogP contribution in [0.4, 0.5) is 5.82 Å². The van der Waals surface area contributed by atoms with E-state index in [1.54, 1.807) is 6.07 Å². The van der Waals surface area contributed by atoms with Gasteiger partial charge in [0.15, 0.2) is 0 Å². The monoisotopic (exact) mass is 300 g/mol. The quantitative estimate of drug-likeness (QED) is 0.912. The van der Waals surface area contributed by atoms with E-state index in [1.807, 2.05) is 12.1 Å². The van der Waals surface area contributed by atoms with Crippen LogP contribution < -0.4 is 4.90 Å². The molecule has 1 N–H and O–H groups in total. The molecule has 0 bridgehead atoms. The maximum absolute atomic E-state index is 9.71. The molecular formula is C17H24N4O. The van der Waals surface area contributed by atoms with E-state index in [1.165, 1.54) is 32.4 Å². The molecule has 2 saturated heterocycles. The average molecular weight is 300 g/mol. The molecule has 1 aromatic heterocycles. The van der Waals surface area contributed by atoms with Crippen molar-refractivity contribution in [2.45, 2.75) is 19.3 Å².